The number of carbonyl (C=O) groups is 4. The number of rotatable bonds is 8. The standard InChI is InChI=1S/C23H26N6O5.2ClH/c1-14(30)28(13-18(24)20(31)32)29-21(33)23(2,17-10-8-16(9-11-17)19(25)26)27(22(29)34)12-15-6-4-3-5-7-15;;/h3-11,18H,12-13,24H2,1-2H3,(H3,25,26)(H,31,32);2*1H/t18-,23-;;/m0../s1. The van der Waals surface area contributed by atoms with Crippen LogP contribution in [0.5, 0.6) is 0 Å². The molecule has 0 aliphatic carbocycles. The summed E-state index contributed by atoms with van der Waals surface area (Å²) in [6.45, 7) is 2.15. The van der Waals surface area contributed by atoms with Crippen molar-refractivity contribution in [2.75, 3.05) is 6.54 Å². The second kappa shape index (κ2) is 11.8. The van der Waals surface area contributed by atoms with Crippen molar-refractivity contribution in [1.82, 2.24) is 14.9 Å². The van der Waals surface area contributed by atoms with E-state index in [-0.39, 0.29) is 37.2 Å². The summed E-state index contributed by atoms with van der Waals surface area (Å²) in [6, 6.07) is 13.0. The second-order valence-corrected chi connectivity index (χ2v) is 8.08. The second-order valence-electron chi connectivity index (χ2n) is 8.08. The number of carboxylic acid groups (broad SMARTS) is 1. The molecule has 2 aromatic rings. The van der Waals surface area contributed by atoms with E-state index < -0.39 is 41.9 Å². The van der Waals surface area contributed by atoms with Crippen molar-refractivity contribution in [1.29, 1.82) is 5.41 Å². The van der Waals surface area contributed by atoms with Gasteiger partial charge in [0.15, 0.2) is 0 Å². The summed E-state index contributed by atoms with van der Waals surface area (Å²) in [5, 5.41) is 18.2. The van der Waals surface area contributed by atoms with Crippen LogP contribution in [0.1, 0.15) is 30.5 Å². The van der Waals surface area contributed by atoms with Crippen molar-refractivity contribution in [3.8, 4) is 0 Å². The molecule has 0 aromatic heterocycles. The van der Waals surface area contributed by atoms with Crippen molar-refractivity contribution in [2.45, 2.75) is 32.0 Å². The highest BCUT2D eigenvalue weighted by Crippen LogP contribution is 2.39. The van der Waals surface area contributed by atoms with Crippen LogP contribution in [0.2, 0.25) is 0 Å². The van der Waals surface area contributed by atoms with Crippen molar-refractivity contribution < 1.29 is 24.3 Å². The molecule has 36 heavy (non-hydrogen) atoms. The lowest BCUT2D eigenvalue weighted by atomic mass is 9.89. The molecule has 1 aliphatic rings. The zero-order chi connectivity index (χ0) is 25.2. The largest absolute Gasteiger partial charge is 0.480 e. The number of urea groups is 1. The van der Waals surface area contributed by atoms with Gasteiger partial charge in [-0.05, 0) is 18.1 Å². The molecule has 0 radical (unpaired) electrons. The molecule has 6 N–H and O–H groups in total. The minimum Gasteiger partial charge on any atom is -0.480 e. The third-order valence-electron chi connectivity index (χ3n) is 5.79. The molecule has 194 valence electrons. The maximum atomic E-state index is 13.8. The molecule has 1 fully saturated rings. The highest BCUT2D eigenvalue weighted by atomic mass is 35.5. The van der Waals surface area contributed by atoms with Crippen LogP contribution in [0, 0.1) is 5.41 Å². The number of carbonyl (C=O) groups excluding carboxylic acids is 3. The smallest absolute Gasteiger partial charge is 0.347 e. The van der Waals surface area contributed by atoms with Crippen molar-refractivity contribution >= 4 is 54.5 Å². The lowest BCUT2D eigenvalue weighted by Crippen LogP contribution is -2.55. The first-order valence-corrected chi connectivity index (χ1v) is 10.4. The van der Waals surface area contributed by atoms with Gasteiger partial charge in [0.05, 0.1) is 6.54 Å². The molecule has 0 saturated carbocycles. The number of aliphatic carboxylic acids is 1. The first-order chi connectivity index (χ1) is 16.0. The topological polar surface area (TPSA) is 174 Å². The Kier molecular flexibility index (Phi) is 9.99. The number of amidine groups is 1. The van der Waals surface area contributed by atoms with E-state index >= 15 is 0 Å². The molecule has 0 bridgehead atoms. The number of hydrazine groups is 1. The number of nitrogens with two attached hydrogens (primary N) is 2. The maximum absolute atomic E-state index is 13.8. The van der Waals surface area contributed by atoms with Gasteiger partial charge in [0, 0.05) is 19.0 Å². The average molecular weight is 539 g/mol. The monoisotopic (exact) mass is 538 g/mol. The molecular weight excluding hydrogens is 511 g/mol. The summed E-state index contributed by atoms with van der Waals surface area (Å²) in [6.07, 6.45) is 0. The van der Waals surface area contributed by atoms with Gasteiger partial charge in [0.1, 0.15) is 17.4 Å². The van der Waals surface area contributed by atoms with Crippen LogP contribution < -0.4 is 11.5 Å². The van der Waals surface area contributed by atoms with Gasteiger partial charge in [-0.15, -0.1) is 24.8 Å². The first-order valence-electron chi connectivity index (χ1n) is 10.4. The Morgan fingerprint density at radius 1 is 1.08 bits per heavy atom. The van der Waals surface area contributed by atoms with Gasteiger partial charge in [0.25, 0.3) is 5.91 Å². The van der Waals surface area contributed by atoms with Gasteiger partial charge >= 0.3 is 12.0 Å². The Morgan fingerprint density at radius 3 is 2.11 bits per heavy atom. The summed E-state index contributed by atoms with van der Waals surface area (Å²) >= 11 is 0. The molecule has 0 unspecified atom stereocenters. The molecule has 4 amide bonds. The fraction of sp³-hybridized carbons (Fsp3) is 0.261. The number of amides is 4. The summed E-state index contributed by atoms with van der Waals surface area (Å²) in [5.41, 5.74) is 11.2. The van der Waals surface area contributed by atoms with Crippen LogP contribution in [0.4, 0.5) is 4.79 Å². The van der Waals surface area contributed by atoms with Gasteiger partial charge in [0.2, 0.25) is 5.91 Å². The number of hydrogen-bond acceptors (Lipinski definition) is 6. The van der Waals surface area contributed by atoms with E-state index in [1.54, 1.807) is 55.5 Å². The van der Waals surface area contributed by atoms with Crippen LogP contribution in [-0.4, -0.2) is 62.3 Å². The molecule has 1 heterocycles. The highest BCUT2D eigenvalue weighted by Gasteiger charge is 2.58. The van der Waals surface area contributed by atoms with Gasteiger partial charge in [-0.2, -0.15) is 5.01 Å². The van der Waals surface area contributed by atoms with Crippen LogP contribution in [0.3, 0.4) is 0 Å². The normalized spacial score (nSPS) is 17.6. The lowest BCUT2D eigenvalue weighted by molar-refractivity contribution is -0.158. The van der Waals surface area contributed by atoms with E-state index in [0.717, 1.165) is 17.5 Å². The van der Waals surface area contributed by atoms with E-state index in [0.29, 0.717) is 16.1 Å². The van der Waals surface area contributed by atoms with Crippen LogP contribution in [-0.2, 0) is 26.5 Å². The number of nitrogens with zero attached hydrogens (tertiary/aromatic N) is 3. The van der Waals surface area contributed by atoms with Crippen LogP contribution in [0.15, 0.2) is 54.6 Å². The Hall–Kier alpha value is -3.67. The number of benzene rings is 2. The molecule has 13 heteroatoms. The molecule has 2 aromatic carbocycles. The number of halogens is 2. The molecule has 1 saturated heterocycles. The average Bonchev–Trinajstić information content (AvgIpc) is 2.99. The Labute approximate surface area is 220 Å². The fourth-order valence-corrected chi connectivity index (χ4v) is 3.79. The van der Waals surface area contributed by atoms with E-state index in [1.807, 2.05) is 6.07 Å². The number of nitrogen functional groups attached to an aromatic ring is 1. The molecule has 11 nitrogen and oxygen atoms in total. The zero-order valence-corrected chi connectivity index (χ0v) is 21.2. The third-order valence-corrected chi connectivity index (χ3v) is 5.79. The molecule has 2 atom stereocenters. The summed E-state index contributed by atoms with van der Waals surface area (Å²) in [5.74, 6) is -2.99. The van der Waals surface area contributed by atoms with Gasteiger partial charge in [-0.3, -0.25) is 24.7 Å². The quantitative estimate of drug-likeness (QED) is 0.224. The summed E-state index contributed by atoms with van der Waals surface area (Å²) < 4.78 is 0. The number of carboxylic acids is 1. The molecular formula is C23H28Cl2N6O5. The predicted octanol–water partition coefficient (Wildman–Crippen LogP) is 1.67. The lowest BCUT2D eigenvalue weighted by Gasteiger charge is -2.32. The Balaban J connectivity index is 0.00000324. The Morgan fingerprint density at radius 2 is 1.64 bits per heavy atom. The van der Waals surface area contributed by atoms with Crippen LogP contribution >= 0.6 is 24.8 Å². The molecule has 3 rings (SSSR count). The van der Waals surface area contributed by atoms with Gasteiger partial charge in [-0.25, -0.2) is 9.80 Å². The fourth-order valence-electron chi connectivity index (χ4n) is 3.79. The summed E-state index contributed by atoms with van der Waals surface area (Å²) in [7, 11) is 0. The first kappa shape index (κ1) is 30.4. The molecule has 1 aliphatic heterocycles. The minimum absolute atomic E-state index is 0. The predicted molar refractivity (Wildman–Crippen MR) is 137 cm³/mol. The van der Waals surface area contributed by atoms with Gasteiger partial charge in [-0.1, -0.05) is 54.6 Å². The van der Waals surface area contributed by atoms with E-state index in [4.69, 9.17) is 16.9 Å². The Bertz CT molecular complexity index is 1150. The summed E-state index contributed by atoms with van der Waals surface area (Å²) in [4.78, 5) is 52.3. The highest BCUT2D eigenvalue weighted by molar-refractivity contribution is 6.08. The number of hydrogen-bond donors (Lipinski definition) is 4. The van der Waals surface area contributed by atoms with Gasteiger partial charge < -0.3 is 16.6 Å². The van der Waals surface area contributed by atoms with E-state index in [2.05, 4.69) is 0 Å². The SMILES string of the molecule is CC(=O)N(C[C@H](N)C(=O)O)N1C(=O)N(Cc2ccccc2)[C@@](C)(c2ccc(C(=N)N)cc2)C1=O.Cl.Cl. The number of imide groups is 1. The van der Waals surface area contributed by atoms with Crippen molar-refractivity contribution in [2.24, 2.45) is 11.5 Å². The van der Waals surface area contributed by atoms with Crippen LogP contribution in [0.25, 0.3) is 0 Å². The van der Waals surface area contributed by atoms with Crippen molar-refractivity contribution in [3.05, 3.63) is 71.3 Å². The third kappa shape index (κ3) is 5.59. The van der Waals surface area contributed by atoms with E-state index in [1.165, 1.54) is 4.90 Å². The number of nitrogens with one attached hydrogen (secondary N) is 1. The maximum Gasteiger partial charge on any atom is 0.347 e. The van der Waals surface area contributed by atoms with Crippen molar-refractivity contribution in [3.63, 3.8) is 0 Å². The minimum atomic E-state index is -1.54. The molecule has 0 spiro atoms. The zero-order valence-electron chi connectivity index (χ0n) is 19.6. The van der Waals surface area contributed by atoms with E-state index in [9.17, 15) is 24.3 Å².